The molecular formula is C22H27ClN4O2S. The Morgan fingerprint density at radius 3 is 2.67 bits per heavy atom. The smallest absolute Gasteiger partial charge is 0.224 e. The van der Waals surface area contributed by atoms with Gasteiger partial charge in [-0.3, -0.25) is 4.99 Å². The Balaban J connectivity index is 1.58. The van der Waals surface area contributed by atoms with Gasteiger partial charge in [0.15, 0.2) is 0 Å². The van der Waals surface area contributed by atoms with Crippen LogP contribution in [0.5, 0.6) is 0 Å². The van der Waals surface area contributed by atoms with Crippen LogP contribution in [0.4, 0.5) is 5.69 Å². The molecule has 160 valence electrons. The van der Waals surface area contributed by atoms with Crippen molar-refractivity contribution in [3.63, 3.8) is 0 Å². The van der Waals surface area contributed by atoms with Crippen LogP contribution in [0.1, 0.15) is 36.8 Å². The van der Waals surface area contributed by atoms with Gasteiger partial charge in [0.1, 0.15) is 11.7 Å². The number of fused-ring (bicyclic) bond motifs is 1. The van der Waals surface area contributed by atoms with E-state index >= 15 is 0 Å². The molecule has 1 heterocycles. The second kappa shape index (κ2) is 8.67. The average molecular weight is 447 g/mol. The molecule has 0 unspecified atom stereocenters. The highest BCUT2D eigenvalue weighted by Crippen LogP contribution is 2.45. The van der Waals surface area contributed by atoms with Gasteiger partial charge in [0.05, 0.1) is 6.54 Å². The van der Waals surface area contributed by atoms with Crippen molar-refractivity contribution >= 4 is 33.1 Å². The summed E-state index contributed by atoms with van der Waals surface area (Å²) in [6.45, 7) is 0.552. The summed E-state index contributed by atoms with van der Waals surface area (Å²) in [6.07, 6.45) is 4.15. The maximum atomic E-state index is 11.9. The fraction of sp³-hybridized carbons (Fsp3) is 0.409. The van der Waals surface area contributed by atoms with Crippen LogP contribution in [0.2, 0.25) is 5.02 Å². The monoisotopic (exact) mass is 446 g/mol. The number of hydrogen-bond acceptors (Lipinski definition) is 4. The number of aliphatic imine (C=N–C) groups is 1. The van der Waals surface area contributed by atoms with Crippen molar-refractivity contribution in [2.75, 3.05) is 11.2 Å². The van der Waals surface area contributed by atoms with E-state index in [-0.39, 0.29) is 17.3 Å². The number of sulfonamides is 1. The molecule has 8 heteroatoms. The molecule has 0 atom stereocenters. The van der Waals surface area contributed by atoms with Gasteiger partial charge < -0.3 is 11.1 Å². The number of nitrogens with one attached hydrogen (secondary N) is 2. The van der Waals surface area contributed by atoms with Crippen LogP contribution >= 0.6 is 11.6 Å². The Morgan fingerprint density at radius 1 is 1.17 bits per heavy atom. The highest BCUT2D eigenvalue weighted by atomic mass is 35.5. The van der Waals surface area contributed by atoms with Crippen LogP contribution in [0, 0.1) is 5.41 Å². The first-order valence-corrected chi connectivity index (χ1v) is 12.3. The summed E-state index contributed by atoms with van der Waals surface area (Å²) in [5, 5.41) is 4.28. The first kappa shape index (κ1) is 21.3. The van der Waals surface area contributed by atoms with Gasteiger partial charge in [-0.05, 0) is 61.4 Å². The van der Waals surface area contributed by atoms with Gasteiger partial charge in [0.25, 0.3) is 0 Å². The second-order valence-corrected chi connectivity index (χ2v) is 10.4. The number of nitrogens with zero attached hydrogens (tertiary/aromatic N) is 1. The number of para-hydroxylation sites is 1. The van der Waals surface area contributed by atoms with E-state index in [1.807, 2.05) is 30.3 Å². The average Bonchev–Trinajstić information content (AvgIpc) is 2.74. The van der Waals surface area contributed by atoms with Crippen molar-refractivity contribution in [2.45, 2.75) is 44.7 Å². The van der Waals surface area contributed by atoms with Crippen LogP contribution in [0.3, 0.4) is 0 Å². The van der Waals surface area contributed by atoms with Crippen LogP contribution < -0.4 is 15.8 Å². The quantitative estimate of drug-likeness (QED) is 0.652. The molecular weight excluding hydrogens is 420 g/mol. The topological polar surface area (TPSA) is 96.6 Å². The van der Waals surface area contributed by atoms with Crippen molar-refractivity contribution in [2.24, 2.45) is 16.1 Å². The summed E-state index contributed by atoms with van der Waals surface area (Å²) >= 11 is 6.13. The van der Waals surface area contributed by atoms with Crippen molar-refractivity contribution < 1.29 is 8.42 Å². The molecule has 0 saturated heterocycles. The number of amidine groups is 1. The van der Waals surface area contributed by atoms with Crippen LogP contribution in [0.15, 0.2) is 53.5 Å². The fourth-order valence-corrected chi connectivity index (χ4v) is 5.57. The van der Waals surface area contributed by atoms with E-state index in [4.69, 9.17) is 22.3 Å². The molecule has 6 nitrogen and oxygen atoms in total. The van der Waals surface area contributed by atoms with Gasteiger partial charge in [0.2, 0.25) is 10.0 Å². The van der Waals surface area contributed by atoms with E-state index in [9.17, 15) is 8.42 Å². The molecule has 0 bridgehead atoms. The van der Waals surface area contributed by atoms with Crippen molar-refractivity contribution in [3.05, 3.63) is 64.7 Å². The number of nitrogens with two attached hydrogens (primary N) is 1. The zero-order valence-corrected chi connectivity index (χ0v) is 18.3. The van der Waals surface area contributed by atoms with Crippen molar-refractivity contribution in [3.8, 4) is 0 Å². The zero-order valence-electron chi connectivity index (χ0n) is 16.8. The molecule has 4 N–H and O–H groups in total. The molecule has 1 aliphatic carbocycles. The lowest BCUT2D eigenvalue weighted by molar-refractivity contribution is 0.248. The summed E-state index contributed by atoms with van der Waals surface area (Å²) in [4.78, 5) is 4.97. The Bertz CT molecular complexity index is 1050. The first-order chi connectivity index (χ1) is 14.4. The standard InChI is InChI=1S/C22H27ClN4O2S/c23-18-6-3-4-16(12-18)14-25-21-22(13-17-5-1-2-7-20(17)26-21)10-8-19(9-11-22)27-30(28,29)15-24/h1-7,12,19,27H,8-11,13-15,24H2,(H,25,26). The molecule has 0 amide bonds. The summed E-state index contributed by atoms with van der Waals surface area (Å²) in [7, 11) is -3.40. The minimum absolute atomic E-state index is 0.0736. The first-order valence-electron chi connectivity index (χ1n) is 10.2. The number of benzene rings is 2. The third kappa shape index (κ3) is 4.70. The van der Waals surface area contributed by atoms with Crippen LogP contribution in [-0.2, 0) is 23.0 Å². The molecule has 30 heavy (non-hydrogen) atoms. The number of hydrogen-bond donors (Lipinski definition) is 3. The highest BCUT2D eigenvalue weighted by molar-refractivity contribution is 7.89. The van der Waals surface area contributed by atoms with Gasteiger partial charge in [0, 0.05) is 22.2 Å². The third-order valence-corrected chi connectivity index (χ3v) is 7.49. The van der Waals surface area contributed by atoms with E-state index in [1.54, 1.807) is 0 Å². The molecule has 4 rings (SSSR count). The number of anilines is 1. The molecule has 1 aliphatic heterocycles. The lowest BCUT2D eigenvalue weighted by Gasteiger charge is -2.44. The van der Waals surface area contributed by atoms with Gasteiger partial charge in [-0.25, -0.2) is 13.1 Å². The Kier molecular flexibility index (Phi) is 6.16. The largest absolute Gasteiger partial charge is 0.343 e. The van der Waals surface area contributed by atoms with Crippen molar-refractivity contribution in [1.29, 1.82) is 0 Å². The predicted molar refractivity (Wildman–Crippen MR) is 122 cm³/mol. The van der Waals surface area contributed by atoms with E-state index in [0.29, 0.717) is 11.6 Å². The zero-order chi connectivity index (χ0) is 21.2. The molecule has 0 aromatic heterocycles. The Morgan fingerprint density at radius 2 is 1.93 bits per heavy atom. The molecule has 1 spiro atoms. The lowest BCUT2D eigenvalue weighted by Crippen LogP contribution is -2.49. The number of halogens is 1. The summed E-state index contributed by atoms with van der Waals surface area (Å²) in [5.74, 6) is 0.608. The predicted octanol–water partition coefficient (Wildman–Crippen LogP) is 3.67. The van der Waals surface area contributed by atoms with Crippen LogP contribution in [0.25, 0.3) is 0 Å². The van der Waals surface area contributed by atoms with E-state index in [2.05, 4.69) is 28.2 Å². The molecule has 2 aliphatic rings. The minimum atomic E-state index is -3.40. The second-order valence-electron chi connectivity index (χ2n) is 8.21. The van der Waals surface area contributed by atoms with Gasteiger partial charge in [-0.1, -0.05) is 41.9 Å². The van der Waals surface area contributed by atoms with E-state index in [0.717, 1.165) is 49.2 Å². The van der Waals surface area contributed by atoms with E-state index < -0.39 is 10.0 Å². The third-order valence-electron chi connectivity index (χ3n) is 6.12. The fourth-order valence-electron chi connectivity index (χ4n) is 4.52. The highest BCUT2D eigenvalue weighted by Gasteiger charge is 2.43. The Labute approximate surface area is 183 Å². The van der Waals surface area contributed by atoms with Gasteiger partial charge >= 0.3 is 0 Å². The molecule has 0 radical (unpaired) electrons. The SMILES string of the molecule is NCS(=O)(=O)NC1CCC2(CC1)Cc1ccccc1NC2=NCc1cccc(Cl)c1. The maximum absolute atomic E-state index is 11.9. The van der Waals surface area contributed by atoms with Crippen LogP contribution in [-0.4, -0.2) is 26.2 Å². The minimum Gasteiger partial charge on any atom is -0.343 e. The normalized spacial score (nSPS) is 25.1. The van der Waals surface area contributed by atoms with Crippen molar-refractivity contribution in [1.82, 2.24) is 4.72 Å². The molecule has 1 fully saturated rings. The Hall–Kier alpha value is -1.93. The molecule has 2 aromatic carbocycles. The summed E-state index contributed by atoms with van der Waals surface area (Å²) < 4.78 is 26.5. The number of rotatable bonds is 5. The maximum Gasteiger partial charge on any atom is 0.224 e. The molecule has 2 aromatic rings. The van der Waals surface area contributed by atoms with Gasteiger partial charge in [-0.2, -0.15) is 0 Å². The lowest BCUT2D eigenvalue weighted by atomic mass is 9.66. The molecule has 1 saturated carbocycles. The summed E-state index contributed by atoms with van der Waals surface area (Å²) in [6, 6.07) is 16.0. The van der Waals surface area contributed by atoms with Gasteiger partial charge in [-0.15, -0.1) is 0 Å². The van der Waals surface area contributed by atoms with E-state index in [1.165, 1.54) is 5.56 Å². The summed E-state index contributed by atoms with van der Waals surface area (Å²) in [5.41, 5.74) is 8.68.